The van der Waals surface area contributed by atoms with Gasteiger partial charge in [0.1, 0.15) is 5.82 Å². The minimum Gasteiger partial charge on any atom is -0.393 e. The first-order chi connectivity index (χ1) is 9.72. The highest BCUT2D eigenvalue weighted by molar-refractivity contribution is 5.35. The summed E-state index contributed by atoms with van der Waals surface area (Å²) in [5.74, 6) is 0.988. The maximum absolute atomic E-state index is 9.53. The number of nitrogens with one attached hydrogen (secondary N) is 1. The van der Waals surface area contributed by atoms with Crippen molar-refractivity contribution in [1.29, 1.82) is 0 Å². The molecule has 1 unspecified atom stereocenters. The van der Waals surface area contributed by atoms with Gasteiger partial charge in [0.15, 0.2) is 0 Å². The summed E-state index contributed by atoms with van der Waals surface area (Å²) in [6, 6.07) is 10.2. The van der Waals surface area contributed by atoms with Crippen LogP contribution in [0.5, 0.6) is 0 Å². The number of benzene rings is 1. The second kappa shape index (κ2) is 7.22. The van der Waals surface area contributed by atoms with Gasteiger partial charge in [-0.1, -0.05) is 25.1 Å². The smallest absolute Gasteiger partial charge is 0.110 e. The van der Waals surface area contributed by atoms with E-state index in [1.807, 2.05) is 38.2 Å². The molecule has 4 heteroatoms. The molecule has 0 spiro atoms. The Morgan fingerprint density at radius 2 is 2.05 bits per heavy atom. The Balaban J connectivity index is 1.99. The van der Waals surface area contributed by atoms with Crippen molar-refractivity contribution < 1.29 is 5.11 Å². The van der Waals surface area contributed by atoms with Crippen molar-refractivity contribution in [3.05, 3.63) is 48.0 Å². The number of aliphatic hydroxyl groups excluding tert-OH is 1. The average Bonchev–Trinajstić information content (AvgIpc) is 2.85. The Bertz CT molecular complexity index is 522. The van der Waals surface area contributed by atoms with Gasteiger partial charge in [-0.15, -0.1) is 0 Å². The number of aryl methyl sites for hydroxylation is 1. The zero-order valence-corrected chi connectivity index (χ0v) is 12.2. The average molecular weight is 273 g/mol. The number of para-hydroxylation sites is 1. The van der Waals surface area contributed by atoms with E-state index in [2.05, 4.69) is 27.0 Å². The van der Waals surface area contributed by atoms with E-state index in [1.165, 1.54) is 0 Å². The molecular formula is C16H23N3O. The molecule has 4 nitrogen and oxygen atoms in total. The fourth-order valence-corrected chi connectivity index (χ4v) is 2.23. The summed E-state index contributed by atoms with van der Waals surface area (Å²) in [4.78, 5) is 4.40. The molecular weight excluding hydrogens is 250 g/mol. The summed E-state index contributed by atoms with van der Waals surface area (Å²) >= 11 is 0. The normalized spacial score (nSPS) is 12.6. The maximum Gasteiger partial charge on any atom is 0.110 e. The third kappa shape index (κ3) is 3.68. The molecule has 20 heavy (non-hydrogen) atoms. The van der Waals surface area contributed by atoms with Gasteiger partial charge in [0.2, 0.25) is 0 Å². The van der Waals surface area contributed by atoms with Crippen LogP contribution in [0.3, 0.4) is 0 Å². The van der Waals surface area contributed by atoms with Gasteiger partial charge in [-0.05, 0) is 38.4 Å². The quantitative estimate of drug-likeness (QED) is 0.762. The minimum absolute atomic E-state index is 0.205. The molecule has 0 amide bonds. The molecule has 0 bridgehead atoms. The van der Waals surface area contributed by atoms with Crippen LogP contribution in [-0.2, 0) is 6.54 Å². The summed E-state index contributed by atoms with van der Waals surface area (Å²) in [6.07, 6.45) is 3.30. The highest BCUT2D eigenvalue weighted by atomic mass is 16.3. The maximum atomic E-state index is 9.53. The Morgan fingerprint density at radius 3 is 2.75 bits per heavy atom. The first-order valence-corrected chi connectivity index (χ1v) is 7.19. The fourth-order valence-electron chi connectivity index (χ4n) is 2.23. The largest absolute Gasteiger partial charge is 0.393 e. The number of aliphatic hydroxyl groups is 1. The molecule has 0 saturated heterocycles. The Morgan fingerprint density at radius 1 is 1.30 bits per heavy atom. The summed E-state index contributed by atoms with van der Waals surface area (Å²) < 4.78 is 2.16. The molecule has 0 fully saturated rings. The van der Waals surface area contributed by atoms with E-state index in [0.717, 1.165) is 43.1 Å². The van der Waals surface area contributed by atoms with Gasteiger partial charge in [0.25, 0.3) is 0 Å². The van der Waals surface area contributed by atoms with Gasteiger partial charge in [0, 0.05) is 12.2 Å². The van der Waals surface area contributed by atoms with Gasteiger partial charge in [-0.2, -0.15) is 0 Å². The zero-order chi connectivity index (χ0) is 14.4. The van der Waals surface area contributed by atoms with E-state index in [4.69, 9.17) is 0 Å². The van der Waals surface area contributed by atoms with Crippen molar-refractivity contribution in [1.82, 2.24) is 14.9 Å². The van der Waals surface area contributed by atoms with Crippen LogP contribution in [0.15, 0.2) is 36.5 Å². The second-order valence-corrected chi connectivity index (χ2v) is 5.00. The molecule has 2 N–H and O–H groups in total. The third-order valence-corrected chi connectivity index (χ3v) is 3.46. The Kier molecular flexibility index (Phi) is 5.32. The van der Waals surface area contributed by atoms with Gasteiger partial charge in [-0.3, -0.25) is 4.57 Å². The first-order valence-electron chi connectivity index (χ1n) is 7.19. The SMILES string of the molecule is CCC(O)CCNCc1cnc(C)n1-c1ccccc1. The van der Waals surface area contributed by atoms with Crippen LogP contribution in [0.2, 0.25) is 0 Å². The predicted octanol–water partition coefficient (Wildman–Crippen LogP) is 2.43. The van der Waals surface area contributed by atoms with Gasteiger partial charge >= 0.3 is 0 Å². The van der Waals surface area contributed by atoms with Crippen molar-refractivity contribution in [3.63, 3.8) is 0 Å². The second-order valence-electron chi connectivity index (χ2n) is 5.00. The number of hydrogen-bond donors (Lipinski definition) is 2. The molecule has 1 atom stereocenters. The van der Waals surface area contributed by atoms with Crippen molar-refractivity contribution in [2.45, 2.75) is 39.3 Å². The molecule has 2 aromatic rings. The van der Waals surface area contributed by atoms with E-state index < -0.39 is 0 Å². The van der Waals surface area contributed by atoms with Crippen molar-refractivity contribution >= 4 is 0 Å². The van der Waals surface area contributed by atoms with Crippen LogP contribution < -0.4 is 5.32 Å². The number of rotatable bonds is 7. The van der Waals surface area contributed by atoms with E-state index in [9.17, 15) is 5.11 Å². The lowest BCUT2D eigenvalue weighted by Crippen LogP contribution is -2.21. The van der Waals surface area contributed by atoms with Crippen LogP contribution in [0.25, 0.3) is 5.69 Å². The fraction of sp³-hybridized carbons (Fsp3) is 0.438. The molecule has 0 aliphatic heterocycles. The van der Waals surface area contributed by atoms with Gasteiger partial charge in [-0.25, -0.2) is 4.98 Å². The van der Waals surface area contributed by atoms with E-state index in [1.54, 1.807) is 0 Å². The first kappa shape index (κ1) is 14.8. The van der Waals surface area contributed by atoms with E-state index in [0.29, 0.717) is 0 Å². The van der Waals surface area contributed by atoms with Crippen molar-refractivity contribution in [2.24, 2.45) is 0 Å². The number of aromatic nitrogens is 2. The van der Waals surface area contributed by atoms with Crippen LogP contribution in [0, 0.1) is 6.92 Å². The van der Waals surface area contributed by atoms with Crippen molar-refractivity contribution in [2.75, 3.05) is 6.54 Å². The summed E-state index contributed by atoms with van der Waals surface area (Å²) in [7, 11) is 0. The predicted molar refractivity (Wildman–Crippen MR) is 80.9 cm³/mol. The van der Waals surface area contributed by atoms with Crippen LogP contribution >= 0.6 is 0 Å². The lowest BCUT2D eigenvalue weighted by atomic mass is 10.2. The number of imidazole rings is 1. The number of nitrogens with zero attached hydrogens (tertiary/aromatic N) is 2. The monoisotopic (exact) mass is 273 g/mol. The zero-order valence-electron chi connectivity index (χ0n) is 12.2. The molecule has 0 radical (unpaired) electrons. The molecule has 2 rings (SSSR count). The summed E-state index contributed by atoms with van der Waals surface area (Å²) in [5, 5.41) is 12.9. The van der Waals surface area contributed by atoms with E-state index in [-0.39, 0.29) is 6.10 Å². The van der Waals surface area contributed by atoms with Crippen LogP contribution in [-0.4, -0.2) is 27.3 Å². The summed E-state index contributed by atoms with van der Waals surface area (Å²) in [6.45, 7) is 5.58. The highest BCUT2D eigenvalue weighted by Crippen LogP contribution is 2.14. The molecule has 1 aromatic heterocycles. The topological polar surface area (TPSA) is 50.1 Å². The van der Waals surface area contributed by atoms with Gasteiger partial charge < -0.3 is 10.4 Å². The highest BCUT2D eigenvalue weighted by Gasteiger charge is 2.08. The van der Waals surface area contributed by atoms with Crippen LogP contribution in [0.4, 0.5) is 0 Å². The molecule has 0 saturated carbocycles. The molecule has 0 aliphatic carbocycles. The number of hydrogen-bond acceptors (Lipinski definition) is 3. The molecule has 1 heterocycles. The standard InChI is InChI=1S/C16H23N3O/c1-3-16(20)9-10-17-11-15-12-18-13(2)19(15)14-7-5-4-6-8-14/h4-8,12,16-17,20H,3,9-11H2,1-2H3. The Labute approximate surface area is 120 Å². The lowest BCUT2D eigenvalue weighted by molar-refractivity contribution is 0.159. The molecule has 1 aromatic carbocycles. The molecule has 108 valence electrons. The van der Waals surface area contributed by atoms with Gasteiger partial charge in [0.05, 0.1) is 18.0 Å². The minimum atomic E-state index is -0.205. The van der Waals surface area contributed by atoms with Crippen molar-refractivity contribution in [3.8, 4) is 5.69 Å². The summed E-state index contributed by atoms with van der Waals surface area (Å²) in [5.41, 5.74) is 2.27. The van der Waals surface area contributed by atoms with E-state index >= 15 is 0 Å². The third-order valence-electron chi connectivity index (χ3n) is 3.46. The lowest BCUT2D eigenvalue weighted by Gasteiger charge is -2.12. The Hall–Kier alpha value is -1.65. The van der Waals surface area contributed by atoms with Crippen LogP contribution in [0.1, 0.15) is 31.3 Å². The molecule has 0 aliphatic rings.